The third kappa shape index (κ3) is 4.88. The first-order valence-corrected chi connectivity index (χ1v) is 10.2. The van der Waals surface area contributed by atoms with Gasteiger partial charge < -0.3 is 9.47 Å². The largest absolute Gasteiger partial charge is 0.494 e. The summed E-state index contributed by atoms with van der Waals surface area (Å²) in [5.41, 5.74) is 2.70. The van der Waals surface area contributed by atoms with E-state index in [2.05, 4.69) is 36.9 Å². The summed E-state index contributed by atoms with van der Waals surface area (Å²) < 4.78 is 24.2. The molecule has 3 atom stereocenters. The summed E-state index contributed by atoms with van der Waals surface area (Å²) in [6.45, 7) is 8.07. The minimum Gasteiger partial charge on any atom is -0.494 e. The van der Waals surface area contributed by atoms with Gasteiger partial charge in [-0.3, -0.25) is 9.69 Å². The predicted octanol–water partition coefficient (Wildman–Crippen LogP) is 3.97. The molecule has 27 heavy (non-hydrogen) atoms. The van der Waals surface area contributed by atoms with E-state index in [1.807, 2.05) is 6.92 Å². The molecule has 5 heteroatoms. The van der Waals surface area contributed by atoms with Gasteiger partial charge in [0.1, 0.15) is 12.4 Å². The van der Waals surface area contributed by atoms with E-state index < -0.39 is 12.5 Å². The molecule has 150 valence electrons. The van der Waals surface area contributed by atoms with E-state index in [1.165, 1.54) is 11.1 Å². The molecule has 0 saturated carbocycles. The molecule has 0 bridgehead atoms. The average Bonchev–Trinajstić information content (AvgIpc) is 2.65. The highest BCUT2D eigenvalue weighted by Gasteiger charge is 2.39. The summed E-state index contributed by atoms with van der Waals surface area (Å²) in [4.78, 5) is 14.0. The highest BCUT2D eigenvalue weighted by molar-refractivity contribution is 5.80. The van der Waals surface area contributed by atoms with Gasteiger partial charge in [0.05, 0.1) is 12.7 Å². The van der Waals surface area contributed by atoms with E-state index in [0.717, 1.165) is 38.1 Å². The van der Waals surface area contributed by atoms with Gasteiger partial charge in [0.2, 0.25) is 0 Å². The smallest absolute Gasteiger partial charge is 0.189 e. The molecule has 1 saturated heterocycles. The molecule has 1 aromatic rings. The minimum atomic E-state index is -0.944. The van der Waals surface area contributed by atoms with Crippen LogP contribution < -0.4 is 4.74 Å². The van der Waals surface area contributed by atoms with Crippen LogP contribution >= 0.6 is 0 Å². The fourth-order valence-corrected chi connectivity index (χ4v) is 4.60. The van der Waals surface area contributed by atoms with Crippen molar-refractivity contribution in [3.05, 3.63) is 29.3 Å². The van der Waals surface area contributed by atoms with Crippen LogP contribution in [0.3, 0.4) is 0 Å². The van der Waals surface area contributed by atoms with Gasteiger partial charge in [0.15, 0.2) is 12.5 Å². The number of carbonyl (C=O) groups is 1. The molecule has 2 aliphatic heterocycles. The standard InChI is InChI=1S/C22H32FNO3/c1-4-26-19-5-6-20-16(10-19)7-8-24-13-17(9-15(2)3)22(11-21(20)24)27-14-18(25)12-23/h5-6,10,15,17,21-22H,4,7-9,11-14H2,1-3H3/t17-,21-,22-/m1/s1/i23-1. The van der Waals surface area contributed by atoms with Gasteiger partial charge in [-0.1, -0.05) is 19.9 Å². The molecule has 0 aromatic heterocycles. The molecule has 1 aromatic carbocycles. The topological polar surface area (TPSA) is 38.8 Å². The van der Waals surface area contributed by atoms with Crippen molar-refractivity contribution in [1.29, 1.82) is 0 Å². The molecule has 0 radical (unpaired) electrons. The van der Waals surface area contributed by atoms with Gasteiger partial charge in [-0.15, -0.1) is 0 Å². The second-order valence-electron chi connectivity index (χ2n) is 8.20. The lowest BCUT2D eigenvalue weighted by Gasteiger charge is -2.47. The van der Waals surface area contributed by atoms with Crippen molar-refractivity contribution in [3.8, 4) is 5.75 Å². The van der Waals surface area contributed by atoms with Crippen LogP contribution in [0.2, 0.25) is 0 Å². The average molecular weight is 377 g/mol. The number of nitrogens with zero attached hydrogens (tertiary/aromatic N) is 1. The normalized spacial score (nSPS) is 25.1. The predicted molar refractivity (Wildman–Crippen MR) is 104 cm³/mol. The van der Waals surface area contributed by atoms with E-state index in [4.69, 9.17) is 9.47 Å². The van der Waals surface area contributed by atoms with Gasteiger partial charge in [0.25, 0.3) is 0 Å². The molecule has 4 nitrogen and oxygen atoms in total. The Labute approximate surface area is 162 Å². The summed E-state index contributed by atoms with van der Waals surface area (Å²) in [7, 11) is 0. The highest BCUT2D eigenvalue weighted by atomic mass is 18.2. The number of fused-ring (bicyclic) bond motifs is 3. The van der Waals surface area contributed by atoms with E-state index in [0.29, 0.717) is 24.5 Å². The van der Waals surface area contributed by atoms with Crippen LogP contribution in [-0.4, -0.2) is 49.8 Å². The van der Waals surface area contributed by atoms with Crippen molar-refractivity contribution in [2.24, 2.45) is 11.8 Å². The fraction of sp³-hybridized carbons (Fsp3) is 0.682. The zero-order valence-electron chi connectivity index (χ0n) is 16.7. The number of ether oxygens (including phenoxy) is 2. The maximum absolute atomic E-state index is 12.6. The maximum Gasteiger partial charge on any atom is 0.189 e. The monoisotopic (exact) mass is 376 g/mol. The molecule has 2 heterocycles. The number of alkyl halides is 1. The Balaban J connectivity index is 1.78. The Kier molecular flexibility index (Phi) is 6.88. The SMILES string of the molecule is CCOc1ccc2c(c1)CCN1C[C@@H](CC(C)C)[C@H](OCC(=O)C[18F])C[C@H]21. The number of hydrogen-bond acceptors (Lipinski definition) is 4. The first-order valence-electron chi connectivity index (χ1n) is 10.2. The van der Waals surface area contributed by atoms with Crippen LogP contribution in [0.1, 0.15) is 50.8 Å². The Morgan fingerprint density at radius 1 is 1.37 bits per heavy atom. The van der Waals surface area contributed by atoms with Crippen LogP contribution in [0.15, 0.2) is 18.2 Å². The number of ketones is 1. The van der Waals surface area contributed by atoms with Crippen molar-refractivity contribution in [1.82, 2.24) is 4.90 Å². The van der Waals surface area contributed by atoms with E-state index in [9.17, 15) is 9.18 Å². The van der Waals surface area contributed by atoms with E-state index in [1.54, 1.807) is 0 Å². The maximum atomic E-state index is 12.6. The minimum absolute atomic E-state index is 0.00154. The lowest BCUT2D eigenvalue weighted by molar-refractivity contribution is -0.131. The first-order chi connectivity index (χ1) is 13.0. The molecule has 0 amide bonds. The summed E-state index contributed by atoms with van der Waals surface area (Å²) >= 11 is 0. The van der Waals surface area contributed by atoms with Crippen LogP contribution in [0.5, 0.6) is 5.75 Å². The summed E-state index contributed by atoms with van der Waals surface area (Å²) in [5.74, 6) is 1.42. The number of benzene rings is 1. The lowest BCUT2D eigenvalue weighted by Crippen LogP contribution is -2.49. The van der Waals surface area contributed by atoms with Gasteiger partial charge in [0, 0.05) is 19.1 Å². The van der Waals surface area contributed by atoms with Crippen LogP contribution in [0.4, 0.5) is 4.39 Å². The molecule has 3 rings (SSSR count). The van der Waals surface area contributed by atoms with Crippen molar-refractivity contribution >= 4 is 5.78 Å². The van der Waals surface area contributed by atoms with Crippen molar-refractivity contribution in [2.75, 3.05) is 33.0 Å². The molecule has 0 spiro atoms. The Morgan fingerprint density at radius 3 is 2.89 bits per heavy atom. The number of rotatable bonds is 8. The van der Waals surface area contributed by atoms with Crippen molar-refractivity contribution < 1.29 is 18.7 Å². The van der Waals surface area contributed by atoms with Gasteiger partial charge in [-0.25, -0.2) is 4.39 Å². The quantitative estimate of drug-likeness (QED) is 0.688. The Bertz CT molecular complexity index is 648. The number of halogens is 1. The summed E-state index contributed by atoms with van der Waals surface area (Å²) in [6.07, 6.45) is 2.96. The van der Waals surface area contributed by atoms with Gasteiger partial charge in [-0.05, 0) is 61.3 Å². The Morgan fingerprint density at radius 2 is 2.19 bits per heavy atom. The number of carbonyl (C=O) groups excluding carboxylic acids is 1. The third-order valence-electron chi connectivity index (χ3n) is 5.73. The summed E-state index contributed by atoms with van der Waals surface area (Å²) in [6, 6.07) is 6.70. The first kappa shape index (κ1) is 20.3. The van der Waals surface area contributed by atoms with Gasteiger partial charge in [-0.2, -0.15) is 0 Å². The van der Waals surface area contributed by atoms with Crippen LogP contribution in [-0.2, 0) is 16.0 Å². The fourth-order valence-electron chi connectivity index (χ4n) is 4.60. The lowest BCUT2D eigenvalue weighted by atomic mass is 9.79. The van der Waals surface area contributed by atoms with Gasteiger partial charge >= 0.3 is 0 Å². The zero-order valence-corrected chi connectivity index (χ0v) is 16.7. The number of hydrogen-bond donors (Lipinski definition) is 0. The number of Topliss-reactive ketones (excluding diaryl/α,β-unsaturated/α-hetero) is 1. The molecular formula is C22H32FNO3. The molecule has 0 unspecified atom stereocenters. The zero-order chi connectivity index (χ0) is 19.4. The molecule has 2 aliphatic rings. The van der Waals surface area contributed by atoms with Crippen LogP contribution in [0, 0.1) is 11.8 Å². The second-order valence-corrected chi connectivity index (χ2v) is 8.20. The third-order valence-corrected chi connectivity index (χ3v) is 5.73. The summed E-state index contributed by atoms with van der Waals surface area (Å²) in [5, 5.41) is 0. The second kappa shape index (κ2) is 9.16. The van der Waals surface area contributed by atoms with E-state index >= 15 is 0 Å². The number of piperidine rings is 1. The molecule has 1 fully saturated rings. The van der Waals surface area contributed by atoms with Crippen molar-refractivity contribution in [2.45, 2.75) is 52.2 Å². The van der Waals surface area contributed by atoms with Crippen LogP contribution in [0.25, 0.3) is 0 Å². The van der Waals surface area contributed by atoms with Crippen molar-refractivity contribution in [3.63, 3.8) is 0 Å². The van der Waals surface area contributed by atoms with E-state index in [-0.39, 0.29) is 12.7 Å². The Hall–Kier alpha value is -1.46. The highest BCUT2D eigenvalue weighted by Crippen LogP contribution is 2.41. The molecule has 0 aliphatic carbocycles. The molecular weight excluding hydrogens is 344 g/mol. The molecule has 0 N–H and O–H groups in total.